The quantitative estimate of drug-likeness (QED) is 0.371. The van der Waals surface area contributed by atoms with Gasteiger partial charge in [-0.25, -0.2) is 0 Å². The summed E-state index contributed by atoms with van der Waals surface area (Å²) in [6.45, 7) is 12.1. The molecule has 0 aromatic rings. The van der Waals surface area contributed by atoms with E-state index >= 15 is 0 Å². The lowest BCUT2D eigenvalue weighted by atomic mass is 9.61. The number of carbonyl (C=O) groups is 1. The zero-order valence-corrected chi connectivity index (χ0v) is 21.6. The maximum absolute atomic E-state index is 11.4. The van der Waals surface area contributed by atoms with Crippen LogP contribution in [0.3, 0.4) is 0 Å². The number of hydrogen-bond donors (Lipinski definition) is 2. The summed E-state index contributed by atoms with van der Waals surface area (Å²) in [6.07, 6.45) is 16.6. The Kier molecular flexibility index (Phi) is 8.32. The van der Waals surface area contributed by atoms with E-state index in [0.717, 1.165) is 12.8 Å². The fourth-order valence-electron chi connectivity index (χ4n) is 6.69. The molecule has 0 bridgehead atoms. The van der Waals surface area contributed by atoms with Crippen LogP contribution in [0.1, 0.15) is 92.9 Å². The first kappa shape index (κ1) is 26.2. The van der Waals surface area contributed by atoms with Crippen LogP contribution in [0, 0.1) is 29.1 Å². The number of aliphatic hydroxyl groups excluding tert-OH is 1. The number of carbonyl (C=O) groups excluding carboxylic acids is 1. The fraction of sp³-hybridized carbons (Fsp3) is 0.759. The Morgan fingerprint density at radius 1 is 1.18 bits per heavy atom. The highest BCUT2D eigenvalue weighted by Gasteiger charge is 2.50. The molecule has 3 fully saturated rings. The highest BCUT2D eigenvalue weighted by Crippen LogP contribution is 2.59. The highest BCUT2D eigenvalue weighted by atomic mass is 16.5. The summed E-state index contributed by atoms with van der Waals surface area (Å²) in [5, 5.41) is 20.5. The van der Waals surface area contributed by atoms with Crippen molar-refractivity contribution in [1.82, 2.24) is 0 Å². The summed E-state index contributed by atoms with van der Waals surface area (Å²) in [4.78, 5) is 11.4. The molecule has 0 aromatic carbocycles. The van der Waals surface area contributed by atoms with Crippen LogP contribution < -0.4 is 0 Å². The van der Waals surface area contributed by atoms with Gasteiger partial charge in [-0.05, 0) is 75.5 Å². The minimum absolute atomic E-state index is 0.139. The van der Waals surface area contributed by atoms with E-state index in [9.17, 15) is 15.0 Å². The first-order chi connectivity index (χ1) is 15.4. The average Bonchev–Trinajstić information content (AvgIpc) is 3.06. The fourth-order valence-corrected chi connectivity index (χ4v) is 6.69. The van der Waals surface area contributed by atoms with E-state index in [0.29, 0.717) is 36.0 Å². The second kappa shape index (κ2) is 10.5. The van der Waals surface area contributed by atoms with E-state index in [2.05, 4.69) is 45.1 Å². The zero-order valence-electron chi connectivity index (χ0n) is 21.6. The molecule has 7 atom stereocenters. The average molecular weight is 459 g/mol. The van der Waals surface area contributed by atoms with Crippen LogP contribution >= 0.6 is 0 Å². The van der Waals surface area contributed by atoms with Crippen molar-refractivity contribution in [3.8, 4) is 0 Å². The minimum Gasteiger partial charge on any atom is -0.462 e. The Balaban J connectivity index is 1.72. The molecule has 0 amide bonds. The Hall–Kier alpha value is -1.39. The van der Waals surface area contributed by atoms with Crippen LogP contribution in [0.25, 0.3) is 0 Å². The smallest absolute Gasteiger partial charge is 0.302 e. The molecule has 0 unspecified atom stereocenters. The van der Waals surface area contributed by atoms with Crippen LogP contribution in [-0.2, 0) is 9.53 Å². The standard InChI is InChI=1S/C29H46O4/c1-19(9-10-20(2)28(4,5)32)26-13-14-27-23(8-7-15-29(26,27)6)12-11-22-16-24(31)18-25(17-22)33-21(3)30/h9-12,19-20,24-27,31-32H,7-8,13-18H2,1-6H3/b10-9+,22-11+,23-12+/t19-,20+,24-,25-,26-,27+,29-/m1/s1. The van der Waals surface area contributed by atoms with Crippen LogP contribution in [-0.4, -0.2) is 34.0 Å². The zero-order chi connectivity index (χ0) is 24.4. The number of esters is 1. The lowest BCUT2D eigenvalue weighted by Crippen LogP contribution is -2.35. The first-order valence-electron chi connectivity index (χ1n) is 13.0. The monoisotopic (exact) mass is 458 g/mol. The minimum atomic E-state index is -0.687. The first-order valence-corrected chi connectivity index (χ1v) is 13.0. The highest BCUT2D eigenvalue weighted by molar-refractivity contribution is 5.66. The molecule has 0 aromatic heterocycles. The maximum atomic E-state index is 11.4. The van der Waals surface area contributed by atoms with Crippen molar-refractivity contribution in [2.75, 3.05) is 0 Å². The molecule has 3 aliphatic rings. The predicted octanol–water partition coefficient (Wildman–Crippen LogP) is 6.13. The van der Waals surface area contributed by atoms with Gasteiger partial charge < -0.3 is 14.9 Å². The maximum Gasteiger partial charge on any atom is 0.302 e. The van der Waals surface area contributed by atoms with Crippen molar-refractivity contribution in [2.24, 2.45) is 29.1 Å². The normalized spacial score (nSPS) is 37.3. The molecule has 3 rings (SSSR count). The summed E-state index contributed by atoms with van der Waals surface area (Å²) in [5.74, 6) is 1.65. The van der Waals surface area contributed by atoms with E-state index in [1.54, 1.807) is 5.57 Å². The molecular weight excluding hydrogens is 412 g/mol. The topological polar surface area (TPSA) is 66.8 Å². The van der Waals surface area contributed by atoms with Crippen molar-refractivity contribution < 1.29 is 19.7 Å². The molecule has 0 heterocycles. The van der Waals surface area contributed by atoms with Gasteiger partial charge in [-0.3, -0.25) is 4.79 Å². The second-order valence-corrected chi connectivity index (χ2v) is 11.9. The summed E-state index contributed by atoms with van der Waals surface area (Å²) >= 11 is 0. The molecule has 0 radical (unpaired) electrons. The van der Waals surface area contributed by atoms with Crippen LogP contribution in [0.15, 0.2) is 35.5 Å². The van der Waals surface area contributed by atoms with Gasteiger partial charge in [-0.1, -0.05) is 56.2 Å². The van der Waals surface area contributed by atoms with Crippen molar-refractivity contribution in [3.63, 3.8) is 0 Å². The van der Waals surface area contributed by atoms with Crippen molar-refractivity contribution in [3.05, 3.63) is 35.5 Å². The van der Waals surface area contributed by atoms with Gasteiger partial charge in [0.05, 0.1) is 11.7 Å². The molecule has 4 heteroatoms. The molecule has 4 nitrogen and oxygen atoms in total. The Morgan fingerprint density at radius 2 is 1.91 bits per heavy atom. The molecular formula is C29H46O4. The molecule has 3 aliphatic carbocycles. The molecule has 186 valence electrons. The van der Waals surface area contributed by atoms with Gasteiger partial charge in [0.1, 0.15) is 6.10 Å². The lowest BCUT2D eigenvalue weighted by Gasteiger charge is -2.44. The summed E-state index contributed by atoms with van der Waals surface area (Å²) in [5.41, 5.74) is 2.37. The Bertz CT molecular complexity index is 786. The van der Waals surface area contributed by atoms with E-state index < -0.39 is 11.7 Å². The van der Waals surface area contributed by atoms with Gasteiger partial charge in [-0.15, -0.1) is 0 Å². The van der Waals surface area contributed by atoms with Crippen molar-refractivity contribution >= 4 is 5.97 Å². The number of rotatable bonds is 6. The predicted molar refractivity (Wildman–Crippen MR) is 134 cm³/mol. The molecule has 33 heavy (non-hydrogen) atoms. The summed E-state index contributed by atoms with van der Waals surface area (Å²) < 4.78 is 5.39. The van der Waals surface area contributed by atoms with E-state index in [1.807, 2.05) is 13.8 Å². The van der Waals surface area contributed by atoms with Gasteiger partial charge in [0.15, 0.2) is 0 Å². The molecule has 2 N–H and O–H groups in total. The van der Waals surface area contributed by atoms with Crippen molar-refractivity contribution in [2.45, 2.75) is 111 Å². The number of fused-ring (bicyclic) bond motifs is 1. The molecule has 0 saturated heterocycles. The summed E-state index contributed by atoms with van der Waals surface area (Å²) in [7, 11) is 0. The molecule has 0 spiro atoms. The third-order valence-electron chi connectivity index (χ3n) is 8.88. The third kappa shape index (κ3) is 6.39. The number of aliphatic hydroxyl groups is 2. The lowest BCUT2D eigenvalue weighted by molar-refractivity contribution is -0.148. The van der Waals surface area contributed by atoms with E-state index in [1.165, 1.54) is 38.2 Å². The van der Waals surface area contributed by atoms with Crippen LogP contribution in [0.5, 0.6) is 0 Å². The molecule has 3 saturated carbocycles. The van der Waals surface area contributed by atoms with Crippen molar-refractivity contribution in [1.29, 1.82) is 0 Å². The van der Waals surface area contributed by atoms with Crippen LogP contribution in [0.4, 0.5) is 0 Å². The number of ether oxygens (including phenoxy) is 1. The third-order valence-corrected chi connectivity index (χ3v) is 8.88. The van der Waals surface area contributed by atoms with E-state index in [4.69, 9.17) is 4.74 Å². The Labute approximate surface area is 201 Å². The number of hydrogen-bond acceptors (Lipinski definition) is 4. The molecule has 0 aliphatic heterocycles. The van der Waals surface area contributed by atoms with Gasteiger partial charge >= 0.3 is 5.97 Å². The van der Waals surface area contributed by atoms with E-state index in [-0.39, 0.29) is 18.0 Å². The summed E-state index contributed by atoms with van der Waals surface area (Å²) in [6, 6.07) is 0. The second-order valence-electron chi connectivity index (χ2n) is 11.9. The van der Waals surface area contributed by atoms with Gasteiger partial charge in [0, 0.05) is 25.7 Å². The van der Waals surface area contributed by atoms with Gasteiger partial charge in [-0.2, -0.15) is 0 Å². The van der Waals surface area contributed by atoms with Gasteiger partial charge in [0.2, 0.25) is 0 Å². The number of allylic oxidation sites excluding steroid dienone is 4. The Morgan fingerprint density at radius 3 is 2.58 bits per heavy atom. The van der Waals surface area contributed by atoms with Gasteiger partial charge in [0.25, 0.3) is 0 Å². The van der Waals surface area contributed by atoms with Crippen LogP contribution in [0.2, 0.25) is 0 Å². The largest absolute Gasteiger partial charge is 0.462 e. The SMILES string of the molecule is CC(=O)O[C@@H]1C/C(=C/C=C2\CCC[C@]3(C)[C@@H]([C@H](C)/C=C/[C@H](C)C(C)(C)O)CC[C@@H]23)C[C@@H](O)C1.